The first kappa shape index (κ1) is 21.2. The first-order valence-electron chi connectivity index (χ1n) is 7.14. The molecule has 0 rings (SSSR count). The molecule has 0 radical (unpaired) electrons. The molecule has 0 aliphatic heterocycles. The lowest BCUT2D eigenvalue weighted by Gasteiger charge is -2.31. The zero-order valence-corrected chi connectivity index (χ0v) is 15.1. The van der Waals surface area contributed by atoms with Crippen molar-refractivity contribution in [2.24, 2.45) is 0 Å². The van der Waals surface area contributed by atoms with Crippen molar-refractivity contribution in [1.29, 1.82) is 0 Å². The fourth-order valence-corrected chi connectivity index (χ4v) is 1.49. The quantitative estimate of drug-likeness (QED) is 0.576. The van der Waals surface area contributed by atoms with E-state index in [0.29, 0.717) is 4.90 Å². The van der Waals surface area contributed by atoms with E-state index in [9.17, 15) is 14.4 Å². The second-order valence-electron chi connectivity index (χ2n) is 6.82. The fourth-order valence-electron chi connectivity index (χ4n) is 1.49. The van der Waals surface area contributed by atoms with Crippen molar-refractivity contribution in [3.8, 4) is 0 Å². The number of esters is 1. The summed E-state index contributed by atoms with van der Waals surface area (Å²) < 4.78 is 19.9. The van der Waals surface area contributed by atoms with Crippen LogP contribution in [0.25, 0.3) is 0 Å². The molecule has 0 saturated heterocycles. The molecule has 1 unspecified atom stereocenters. The topological polar surface area (TPSA) is 91.4 Å². The minimum Gasteiger partial charge on any atom is -0.467 e. The molecule has 0 N–H and O–H groups in total. The summed E-state index contributed by atoms with van der Waals surface area (Å²) in [4.78, 5) is 37.2. The van der Waals surface area contributed by atoms with Crippen LogP contribution >= 0.6 is 0 Å². The molecule has 0 spiro atoms. The van der Waals surface area contributed by atoms with Gasteiger partial charge in [-0.2, -0.15) is 4.90 Å². The van der Waals surface area contributed by atoms with Crippen molar-refractivity contribution in [1.82, 2.24) is 4.90 Å². The molecule has 0 aliphatic rings. The van der Waals surface area contributed by atoms with Crippen LogP contribution in [0, 0.1) is 0 Å². The van der Waals surface area contributed by atoms with Gasteiger partial charge in [-0.25, -0.2) is 14.4 Å². The molecule has 23 heavy (non-hydrogen) atoms. The highest BCUT2D eigenvalue weighted by Crippen LogP contribution is 2.17. The first-order valence-corrected chi connectivity index (χ1v) is 7.14. The Morgan fingerprint density at radius 2 is 1.26 bits per heavy atom. The number of hydrogen-bond acceptors (Lipinski definition) is 7. The molecule has 2 amide bonds. The Hall–Kier alpha value is -1.83. The molecule has 0 aromatic rings. The third kappa shape index (κ3) is 7.83. The first-order chi connectivity index (χ1) is 10.3. The van der Waals surface area contributed by atoms with Gasteiger partial charge < -0.3 is 18.9 Å². The van der Waals surface area contributed by atoms with Crippen molar-refractivity contribution in [3.05, 3.63) is 0 Å². The summed E-state index contributed by atoms with van der Waals surface area (Å²) >= 11 is 0. The predicted octanol–water partition coefficient (Wildman–Crippen LogP) is 2.35. The number of methoxy groups -OCH3 is 2. The number of ether oxygens (including phenoxy) is 4. The van der Waals surface area contributed by atoms with E-state index in [1.165, 1.54) is 7.11 Å². The number of nitrogens with zero attached hydrogens (tertiary/aromatic N) is 1. The molecule has 8 nitrogen and oxygen atoms in total. The van der Waals surface area contributed by atoms with Crippen molar-refractivity contribution in [2.75, 3.05) is 20.8 Å². The Morgan fingerprint density at radius 3 is 1.52 bits per heavy atom. The lowest BCUT2D eigenvalue weighted by atomic mass is 10.2. The lowest BCUT2D eigenvalue weighted by Crippen LogP contribution is -2.54. The van der Waals surface area contributed by atoms with Gasteiger partial charge in [0.2, 0.25) is 0 Å². The summed E-state index contributed by atoms with van der Waals surface area (Å²) in [6, 6.07) is -1.31. The smallest absolute Gasteiger partial charge is 0.420 e. The number of carbonyl (C=O) groups excluding carboxylic acids is 3. The predicted molar refractivity (Wildman–Crippen MR) is 82.0 cm³/mol. The number of amides is 2. The SMILES string of the molecule is COCC(C(=O)OC)N(C(=O)OC(C)(C)C)C(=O)OC(C)(C)C. The summed E-state index contributed by atoms with van der Waals surface area (Å²) in [7, 11) is 2.48. The van der Waals surface area contributed by atoms with E-state index in [2.05, 4.69) is 4.74 Å². The van der Waals surface area contributed by atoms with Crippen molar-refractivity contribution >= 4 is 18.2 Å². The molecular weight excluding hydrogens is 306 g/mol. The van der Waals surface area contributed by atoms with E-state index in [0.717, 1.165) is 7.11 Å². The van der Waals surface area contributed by atoms with E-state index in [-0.39, 0.29) is 6.61 Å². The second kappa shape index (κ2) is 8.14. The number of imide groups is 1. The summed E-state index contributed by atoms with van der Waals surface area (Å²) in [6.45, 7) is 9.60. The molecule has 8 heteroatoms. The minimum absolute atomic E-state index is 0.245. The van der Waals surface area contributed by atoms with E-state index in [1.54, 1.807) is 41.5 Å². The van der Waals surface area contributed by atoms with Crippen molar-refractivity contribution < 1.29 is 33.3 Å². The Morgan fingerprint density at radius 1 is 0.870 bits per heavy atom. The Kier molecular flexibility index (Phi) is 7.50. The number of rotatable bonds is 4. The molecule has 0 aliphatic carbocycles. The molecule has 1 atom stereocenters. The summed E-state index contributed by atoms with van der Waals surface area (Å²) in [5, 5.41) is 0. The zero-order valence-electron chi connectivity index (χ0n) is 15.1. The molecule has 0 aromatic heterocycles. The minimum atomic E-state index is -1.31. The highest BCUT2D eigenvalue weighted by atomic mass is 16.6. The molecule has 0 fully saturated rings. The Balaban J connectivity index is 5.62. The zero-order chi connectivity index (χ0) is 18.4. The van der Waals surface area contributed by atoms with Crippen LogP contribution in [-0.4, -0.2) is 61.1 Å². The van der Waals surface area contributed by atoms with Gasteiger partial charge in [-0.05, 0) is 41.5 Å². The van der Waals surface area contributed by atoms with Gasteiger partial charge in [0.15, 0.2) is 6.04 Å². The van der Waals surface area contributed by atoms with E-state index in [4.69, 9.17) is 14.2 Å². The van der Waals surface area contributed by atoms with Crippen molar-refractivity contribution in [3.63, 3.8) is 0 Å². The molecule has 0 saturated carbocycles. The maximum absolute atomic E-state index is 12.4. The van der Waals surface area contributed by atoms with Gasteiger partial charge in [0.25, 0.3) is 0 Å². The summed E-state index contributed by atoms with van der Waals surface area (Å²) in [5.41, 5.74) is -1.71. The van der Waals surface area contributed by atoms with Gasteiger partial charge in [0, 0.05) is 7.11 Å². The largest absolute Gasteiger partial charge is 0.467 e. The van der Waals surface area contributed by atoms with Gasteiger partial charge in [-0.1, -0.05) is 0 Å². The van der Waals surface area contributed by atoms with E-state index in [1.807, 2.05) is 0 Å². The van der Waals surface area contributed by atoms with Crippen LogP contribution in [0.15, 0.2) is 0 Å². The van der Waals surface area contributed by atoms with Gasteiger partial charge in [0.05, 0.1) is 13.7 Å². The highest BCUT2D eigenvalue weighted by molar-refractivity contribution is 5.94. The standard InChI is InChI=1S/C15H27NO7/c1-14(2,3)22-12(18)16(13(19)23-15(4,5)6)10(9-20-7)11(17)21-8/h10H,9H2,1-8H3. The molecule has 0 bridgehead atoms. The lowest BCUT2D eigenvalue weighted by molar-refractivity contribution is -0.148. The maximum Gasteiger partial charge on any atom is 0.420 e. The molecule has 134 valence electrons. The van der Waals surface area contributed by atoms with Crippen LogP contribution in [0.3, 0.4) is 0 Å². The molecule has 0 aromatic carbocycles. The summed E-state index contributed by atoms with van der Waals surface area (Å²) in [5.74, 6) is -0.816. The van der Waals surface area contributed by atoms with E-state index < -0.39 is 35.4 Å². The highest BCUT2D eigenvalue weighted by Gasteiger charge is 2.40. The average Bonchev–Trinajstić information content (AvgIpc) is 2.32. The Labute approximate surface area is 137 Å². The third-order valence-corrected chi connectivity index (χ3v) is 2.29. The average molecular weight is 333 g/mol. The normalized spacial score (nSPS) is 13.0. The number of carbonyl (C=O) groups is 3. The van der Waals surface area contributed by atoms with Gasteiger partial charge in [-0.15, -0.1) is 0 Å². The van der Waals surface area contributed by atoms with Crippen molar-refractivity contribution in [2.45, 2.75) is 58.8 Å². The third-order valence-electron chi connectivity index (χ3n) is 2.29. The van der Waals surface area contributed by atoms with Gasteiger partial charge >= 0.3 is 18.2 Å². The van der Waals surface area contributed by atoms with Gasteiger partial charge in [0.1, 0.15) is 11.2 Å². The van der Waals surface area contributed by atoms with E-state index >= 15 is 0 Å². The van der Waals surface area contributed by atoms with Crippen LogP contribution in [-0.2, 0) is 23.7 Å². The van der Waals surface area contributed by atoms with Gasteiger partial charge in [-0.3, -0.25) is 0 Å². The van der Waals surface area contributed by atoms with Crippen LogP contribution in [0.2, 0.25) is 0 Å². The van der Waals surface area contributed by atoms with Crippen LogP contribution in [0.4, 0.5) is 9.59 Å². The monoisotopic (exact) mass is 333 g/mol. The molecular formula is C15H27NO7. The second-order valence-corrected chi connectivity index (χ2v) is 6.82. The van der Waals surface area contributed by atoms with Crippen LogP contribution in [0.5, 0.6) is 0 Å². The maximum atomic E-state index is 12.4. The number of hydrogen-bond donors (Lipinski definition) is 0. The van der Waals surface area contributed by atoms with Crippen LogP contribution in [0.1, 0.15) is 41.5 Å². The molecule has 0 heterocycles. The Bertz CT molecular complexity index is 406. The van der Waals surface area contributed by atoms with Crippen LogP contribution < -0.4 is 0 Å². The summed E-state index contributed by atoms with van der Waals surface area (Å²) in [6.07, 6.45) is -2.03. The fraction of sp³-hybridized carbons (Fsp3) is 0.800.